The molecule has 5 nitrogen and oxygen atoms in total. The molecule has 7 heteroatoms. The molecular weight excluding hydrogens is 341 g/mol. The summed E-state index contributed by atoms with van der Waals surface area (Å²) in [5.74, 6) is -0.964. The molecule has 0 fully saturated rings. The molecule has 0 bridgehead atoms. The summed E-state index contributed by atoms with van der Waals surface area (Å²) in [6, 6.07) is 5.37. The van der Waals surface area contributed by atoms with Gasteiger partial charge in [0.2, 0.25) is 5.91 Å². The zero-order valence-corrected chi connectivity index (χ0v) is 15.2. The van der Waals surface area contributed by atoms with Crippen molar-refractivity contribution in [2.45, 2.75) is 33.1 Å². The van der Waals surface area contributed by atoms with E-state index in [1.165, 1.54) is 40.5 Å². The van der Waals surface area contributed by atoms with Crippen LogP contribution in [0.2, 0.25) is 0 Å². The molecule has 25 heavy (non-hydrogen) atoms. The van der Waals surface area contributed by atoms with Gasteiger partial charge in [0.05, 0.1) is 5.69 Å². The topological polar surface area (TPSA) is 62.3 Å². The lowest BCUT2D eigenvalue weighted by molar-refractivity contribution is -0.116. The summed E-state index contributed by atoms with van der Waals surface area (Å²) in [5.41, 5.74) is 1.21. The third kappa shape index (κ3) is 5.94. The molecule has 0 radical (unpaired) electrons. The largest absolute Gasteiger partial charge is 0.329 e. The lowest BCUT2D eigenvalue weighted by Crippen LogP contribution is -2.38. The van der Waals surface area contributed by atoms with Gasteiger partial charge >= 0.3 is 0 Å². The Balaban J connectivity index is 2.04. The van der Waals surface area contributed by atoms with Gasteiger partial charge in [0.25, 0.3) is 5.91 Å². The molecule has 0 aliphatic carbocycles. The smallest absolute Gasteiger partial charge is 0.254 e. The Labute approximate surface area is 150 Å². The van der Waals surface area contributed by atoms with Crippen LogP contribution in [0.15, 0.2) is 29.6 Å². The summed E-state index contributed by atoms with van der Waals surface area (Å²) in [4.78, 5) is 30.6. The van der Waals surface area contributed by atoms with Gasteiger partial charge in [0.15, 0.2) is 5.13 Å². The van der Waals surface area contributed by atoms with E-state index < -0.39 is 5.82 Å². The van der Waals surface area contributed by atoms with Crippen molar-refractivity contribution in [3.8, 4) is 0 Å². The number of halogens is 1. The Morgan fingerprint density at radius 3 is 2.56 bits per heavy atom. The first-order chi connectivity index (χ1) is 12.0. The second-order valence-electron chi connectivity index (χ2n) is 5.78. The van der Waals surface area contributed by atoms with Crippen molar-refractivity contribution >= 4 is 28.3 Å². The van der Waals surface area contributed by atoms with E-state index in [2.05, 4.69) is 17.2 Å². The summed E-state index contributed by atoms with van der Waals surface area (Å²) in [6.07, 6.45) is 2.80. The van der Waals surface area contributed by atoms with Gasteiger partial charge in [0, 0.05) is 17.5 Å². The van der Waals surface area contributed by atoms with Crippen LogP contribution in [0.5, 0.6) is 0 Å². The second kappa shape index (κ2) is 9.27. The normalized spacial score (nSPS) is 10.5. The van der Waals surface area contributed by atoms with Gasteiger partial charge in [-0.05, 0) is 37.6 Å². The number of rotatable bonds is 8. The lowest BCUT2D eigenvalue weighted by atomic mass is 10.1. The predicted octanol–water partition coefficient (Wildman–Crippen LogP) is 3.86. The van der Waals surface area contributed by atoms with Crippen LogP contribution in [-0.4, -0.2) is 34.8 Å². The lowest BCUT2D eigenvalue weighted by Gasteiger charge is -2.22. The van der Waals surface area contributed by atoms with E-state index in [0.29, 0.717) is 17.2 Å². The summed E-state index contributed by atoms with van der Waals surface area (Å²) >= 11 is 1.34. The molecule has 0 aliphatic rings. The van der Waals surface area contributed by atoms with E-state index in [-0.39, 0.29) is 18.4 Å². The summed E-state index contributed by atoms with van der Waals surface area (Å²) < 4.78 is 13.1. The van der Waals surface area contributed by atoms with Gasteiger partial charge in [-0.25, -0.2) is 9.37 Å². The average molecular weight is 363 g/mol. The first-order valence-electron chi connectivity index (χ1n) is 8.26. The first kappa shape index (κ1) is 19.1. The summed E-state index contributed by atoms with van der Waals surface area (Å²) in [6.45, 7) is 4.35. The van der Waals surface area contributed by atoms with Crippen molar-refractivity contribution in [1.29, 1.82) is 0 Å². The number of carbonyl (C=O) groups is 2. The molecule has 0 aliphatic heterocycles. The Kier molecular flexibility index (Phi) is 7.06. The third-order valence-corrected chi connectivity index (χ3v) is 4.49. The first-order valence-corrected chi connectivity index (χ1v) is 9.14. The molecule has 2 aromatic rings. The summed E-state index contributed by atoms with van der Waals surface area (Å²) in [7, 11) is 0. The molecular formula is C18H22FN3O2S. The Hall–Kier alpha value is -2.28. The SMILES string of the molecule is CCCCCN(CC(=O)Nc1nc(C)cs1)C(=O)c1ccc(F)cc1. The number of nitrogens with one attached hydrogen (secondary N) is 1. The second-order valence-corrected chi connectivity index (χ2v) is 6.64. The Morgan fingerprint density at radius 2 is 1.96 bits per heavy atom. The van der Waals surface area contributed by atoms with Gasteiger partial charge in [-0.1, -0.05) is 19.8 Å². The van der Waals surface area contributed by atoms with Crippen molar-refractivity contribution < 1.29 is 14.0 Å². The molecule has 1 aromatic carbocycles. The highest BCUT2D eigenvalue weighted by Crippen LogP contribution is 2.15. The van der Waals surface area contributed by atoms with Crippen molar-refractivity contribution in [3.63, 3.8) is 0 Å². The average Bonchev–Trinajstić information content (AvgIpc) is 2.99. The number of anilines is 1. The highest BCUT2D eigenvalue weighted by Gasteiger charge is 2.19. The van der Waals surface area contributed by atoms with Crippen LogP contribution in [0.3, 0.4) is 0 Å². The number of carbonyl (C=O) groups excluding carboxylic acids is 2. The van der Waals surface area contributed by atoms with Gasteiger partial charge in [0.1, 0.15) is 12.4 Å². The maximum Gasteiger partial charge on any atom is 0.254 e. The standard InChI is InChI=1S/C18H22FN3O2S/c1-3-4-5-10-22(17(24)14-6-8-15(19)9-7-14)11-16(23)21-18-20-13(2)12-25-18/h6-9,12H,3-5,10-11H2,1-2H3,(H,20,21,23). The quantitative estimate of drug-likeness (QED) is 0.725. The van der Waals surface area contributed by atoms with Crippen LogP contribution in [0.1, 0.15) is 42.2 Å². The number of unbranched alkanes of at least 4 members (excludes halogenated alkanes) is 2. The number of thiazole rings is 1. The van der Waals surface area contributed by atoms with Crippen LogP contribution in [0, 0.1) is 12.7 Å². The van der Waals surface area contributed by atoms with E-state index in [4.69, 9.17) is 0 Å². The molecule has 134 valence electrons. The zero-order valence-electron chi connectivity index (χ0n) is 14.4. The molecule has 1 aromatic heterocycles. The third-order valence-electron chi connectivity index (χ3n) is 3.61. The van der Waals surface area contributed by atoms with Crippen LogP contribution >= 0.6 is 11.3 Å². The van der Waals surface area contributed by atoms with Crippen molar-refractivity contribution in [1.82, 2.24) is 9.88 Å². The van der Waals surface area contributed by atoms with Crippen LogP contribution in [-0.2, 0) is 4.79 Å². The van der Waals surface area contributed by atoms with Crippen molar-refractivity contribution in [2.24, 2.45) is 0 Å². The van der Waals surface area contributed by atoms with Crippen molar-refractivity contribution in [3.05, 3.63) is 46.7 Å². The van der Waals surface area contributed by atoms with E-state index in [0.717, 1.165) is 25.0 Å². The van der Waals surface area contributed by atoms with E-state index in [1.807, 2.05) is 12.3 Å². The maximum atomic E-state index is 13.1. The number of hydrogen-bond donors (Lipinski definition) is 1. The van der Waals surface area contributed by atoms with Gasteiger partial charge in [-0.2, -0.15) is 0 Å². The molecule has 0 unspecified atom stereocenters. The number of aromatic nitrogens is 1. The fourth-order valence-electron chi connectivity index (χ4n) is 2.32. The monoisotopic (exact) mass is 363 g/mol. The van der Waals surface area contributed by atoms with Gasteiger partial charge in [-0.15, -0.1) is 11.3 Å². The van der Waals surface area contributed by atoms with Gasteiger partial charge in [-0.3, -0.25) is 9.59 Å². The predicted molar refractivity (Wildman–Crippen MR) is 97.3 cm³/mol. The highest BCUT2D eigenvalue weighted by molar-refractivity contribution is 7.13. The van der Waals surface area contributed by atoms with Gasteiger partial charge < -0.3 is 10.2 Å². The minimum Gasteiger partial charge on any atom is -0.329 e. The van der Waals surface area contributed by atoms with E-state index in [1.54, 1.807) is 0 Å². The molecule has 0 spiro atoms. The molecule has 1 N–H and O–H groups in total. The Bertz CT molecular complexity index is 715. The highest BCUT2D eigenvalue weighted by atomic mass is 32.1. The molecule has 2 rings (SSSR count). The van der Waals surface area contributed by atoms with E-state index >= 15 is 0 Å². The molecule has 0 saturated heterocycles. The maximum absolute atomic E-state index is 13.1. The number of nitrogens with zero attached hydrogens (tertiary/aromatic N) is 2. The minimum atomic E-state index is -0.397. The fraction of sp³-hybridized carbons (Fsp3) is 0.389. The molecule has 1 heterocycles. The fourth-order valence-corrected chi connectivity index (χ4v) is 3.03. The Morgan fingerprint density at radius 1 is 1.24 bits per heavy atom. The molecule has 0 atom stereocenters. The van der Waals surface area contributed by atoms with Crippen LogP contribution < -0.4 is 5.32 Å². The van der Waals surface area contributed by atoms with Crippen LogP contribution in [0.4, 0.5) is 9.52 Å². The number of aryl methyl sites for hydroxylation is 1. The zero-order chi connectivity index (χ0) is 18.2. The number of benzene rings is 1. The number of amides is 2. The number of hydrogen-bond acceptors (Lipinski definition) is 4. The minimum absolute atomic E-state index is 0.0570. The van der Waals surface area contributed by atoms with Crippen molar-refractivity contribution in [2.75, 3.05) is 18.4 Å². The molecule has 0 saturated carbocycles. The van der Waals surface area contributed by atoms with Crippen LogP contribution in [0.25, 0.3) is 0 Å². The molecule has 2 amide bonds. The van der Waals surface area contributed by atoms with E-state index in [9.17, 15) is 14.0 Å². The summed E-state index contributed by atoms with van der Waals surface area (Å²) in [5, 5.41) is 5.08.